The maximum atomic E-state index is 12.4. The smallest absolute Gasteiger partial charge is 0.317 e. The lowest BCUT2D eigenvalue weighted by atomic mass is 9.91. The molecule has 104 valence electrons. The summed E-state index contributed by atoms with van der Waals surface area (Å²) in [4.78, 5) is 12.4. The lowest BCUT2D eigenvalue weighted by Crippen LogP contribution is -2.18. The number of hydrogen-bond acceptors (Lipinski definition) is 3. The topological polar surface area (TPSA) is 26.3 Å². The van der Waals surface area contributed by atoms with Crippen molar-refractivity contribution in [1.82, 2.24) is 0 Å². The summed E-state index contributed by atoms with van der Waals surface area (Å²) in [6.07, 6.45) is 2.00. The number of ether oxygens (including phenoxy) is 1. The van der Waals surface area contributed by atoms with Gasteiger partial charge in [-0.2, -0.15) is 11.8 Å². The maximum Gasteiger partial charge on any atom is 0.317 e. The Kier molecular flexibility index (Phi) is 5.69. The van der Waals surface area contributed by atoms with Gasteiger partial charge in [-0.25, -0.2) is 0 Å². The third kappa shape index (κ3) is 3.87. The first kappa shape index (κ1) is 14.7. The molecule has 0 spiro atoms. The largest absolute Gasteiger partial charge is 0.464 e. The van der Waals surface area contributed by atoms with Crippen LogP contribution in [0.5, 0.6) is 0 Å². The summed E-state index contributed by atoms with van der Waals surface area (Å²) < 4.78 is 5.39. The van der Waals surface area contributed by atoms with E-state index in [1.165, 1.54) is 0 Å². The second-order valence-electron chi connectivity index (χ2n) is 4.41. The zero-order valence-corrected chi connectivity index (χ0v) is 12.3. The summed E-state index contributed by atoms with van der Waals surface area (Å²) in [7, 11) is 0. The molecule has 0 amide bonds. The number of hydrogen-bond donors (Lipinski definition) is 0. The molecule has 0 radical (unpaired) electrons. The van der Waals surface area contributed by atoms with Crippen molar-refractivity contribution in [3.8, 4) is 0 Å². The molecule has 0 bridgehead atoms. The van der Waals surface area contributed by atoms with Crippen molar-refractivity contribution in [3.05, 3.63) is 71.8 Å². The van der Waals surface area contributed by atoms with Gasteiger partial charge in [0.1, 0.15) is 12.5 Å². The van der Waals surface area contributed by atoms with Crippen LogP contribution in [0.2, 0.25) is 0 Å². The van der Waals surface area contributed by atoms with E-state index in [1.807, 2.05) is 66.9 Å². The summed E-state index contributed by atoms with van der Waals surface area (Å²) in [6.45, 7) is 0.455. The van der Waals surface area contributed by atoms with Gasteiger partial charge >= 0.3 is 5.97 Å². The molecule has 0 aliphatic rings. The van der Waals surface area contributed by atoms with Crippen molar-refractivity contribution in [1.29, 1.82) is 0 Å². The second kappa shape index (κ2) is 7.75. The molecule has 0 fully saturated rings. The van der Waals surface area contributed by atoms with Gasteiger partial charge in [-0.3, -0.25) is 4.79 Å². The fourth-order valence-electron chi connectivity index (χ4n) is 2.06. The lowest BCUT2D eigenvalue weighted by molar-refractivity contribution is -0.143. The molecule has 2 aromatic carbocycles. The molecule has 0 aliphatic heterocycles. The van der Waals surface area contributed by atoms with Crippen LogP contribution in [0.4, 0.5) is 0 Å². The van der Waals surface area contributed by atoms with Crippen LogP contribution in [0, 0.1) is 0 Å². The van der Waals surface area contributed by atoms with Crippen LogP contribution in [0.25, 0.3) is 0 Å². The van der Waals surface area contributed by atoms with E-state index in [4.69, 9.17) is 4.74 Å². The number of rotatable bonds is 6. The zero-order chi connectivity index (χ0) is 14.2. The minimum Gasteiger partial charge on any atom is -0.464 e. The van der Waals surface area contributed by atoms with Crippen LogP contribution < -0.4 is 0 Å². The third-order valence-corrected chi connectivity index (χ3v) is 3.61. The Labute approximate surface area is 124 Å². The first-order valence-corrected chi connectivity index (χ1v) is 7.98. The Morgan fingerprint density at radius 2 is 1.50 bits per heavy atom. The Morgan fingerprint density at radius 3 is 1.95 bits per heavy atom. The van der Waals surface area contributed by atoms with Crippen LogP contribution in [0.3, 0.4) is 0 Å². The van der Waals surface area contributed by atoms with Crippen molar-refractivity contribution >= 4 is 17.7 Å². The minimum atomic E-state index is -0.348. The second-order valence-corrected chi connectivity index (χ2v) is 5.40. The predicted molar refractivity (Wildman–Crippen MR) is 84.1 cm³/mol. The summed E-state index contributed by atoms with van der Waals surface area (Å²) in [5.74, 6) is 0.290. The first-order valence-electron chi connectivity index (χ1n) is 6.58. The normalized spacial score (nSPS) is 10.5. The molecule has 0 aliphatic carbocycles. The molecule has 20 heavy (non-hydrogen) atoms. The lowest BCUT2D eigenvalue weighted by Gasteiger charge is -2.16. The highest BCUT2D eigenvalue weighted by Crippen LogP contribution is 2.25. The molecule has 0 aromatic heterocycles. The molecule has 0 atom stereocenters. The average Bonchev–Trinajstić information content (AvgIpc) is 2.50. The Bertz CT molecular complexity index is 486. The van der Waals surface area contributed by atoms with Crippen LogP contribution in [-0.4, -0.2) is 24.6 Å². The van der Waals surface area contributed by atoms with E-state index in [0.29, 0.717) is 6.61 Å². The van der Waals surface area contributed by atoms with Gasteiger partial charge in [-0.1, -0.05) is 60.7 Å². The maximum absolute atomic E-state index is 12.4. The average molecular weight is 286 g/mol. The van der Waals surface area contributed by atoms with Gasteiger partial charge in [0, 0.05) is 5.75 Å². The van der Waals surface area contributed by atoms with E-state index in [0.717, 1.165) is 16.9 Å². The van der Waals surface area contributed by atoms with Crippen molar-refractivity contribution < 1.29 is 9.53 Å². The SMILES string of the molecule is CSCCOC(=O)C(c1ccccc1)c1ccccc1. The van der Waals surface area contributed by atoms with Gasteiger partial charge < -0.3 is 4.74 Å². The van der Waals surface area contributed by atoms with Gasteiger partial charge in [-0.15, -0.1) is 0 Å². The number of benzene rings is 2. The van der Waals surface area contributed by atoms with Crippen LogP contribution in [0.15, 0.2) is 60.7 Å². The molecule has 0 heterocycles. The van der Waals surface area contributed by atoms with Crippen LogP contribution >= 0.6 is 11.8 Å². The molecule has 0 saturated heterocycles. The molecule has 2 aromatic rings. The summed E-state index contributed by atoms with van der Waals surface area (Å²) in [5, 5.41) is 0. The van der Waals surface area contributed by atoms with E-state index in [2.05, 4.69) is 0 Å². The van der Waals surface area contributed by atoms with E-state index in [1.54, 1.807) is 11.8 Å². The van der Waals surface area contributed by atoms with E-state index in [-0.39, 0.29) is 11.9 Å². The monoisotopic (exact) mass is 286 g/mol. The van der Waals surface area contributed by atoms with Crippen molar-refractivity contribution in [2.24, 2.45) is 0 Å². The van der Waals surface area contributed by atoms with Gasteiger partial charge in [0.2, 0.25) is 0 Å². The standard InChI is InChI=1S/C17H18O2S/c1-20-13-12-19-17(18)16(14-8-4-2-5-9-14)15-10-6-3-7-11-15/h2-11,16H,12-13H2,1H3. The molecule has 2 rings (SSSR count). The molecule has 2 nitrogen and oxygen atoms in total. The van der Waals surface area contributed by atoms with Gasteiger partial charge in [0.25, 0.3) is 0 Å². The highest BCUT2D eigenvalue weighted by atomic mass is 32.2. The molecular weight excluding hydrogens is 268 g/mol. The zero-order valence-electron chi connectivity index (χ0n) is 11.5. The minimum absolute atomic E-state index is 0.184. The highest BCUT2D eigenvalue weighted by molar-refractivity contribution is 7.98. The van der Waals surface area contributed by atoms with Gasteiger partial charge in [0.15, 0.2) is 0 Å². The molecule has 0 saturated carbocycles. The summed E-state index contributed by atoms with van der Waals surface area (Å²) in [5.41, 5.74) is 1.93. The fourth-order valence-corrected chi connectivity index (χ4v) is 2.31. The van der Waals surface area contributed by atoms with Crippen LogP contribution in [-0.2, 0) is 9.53 Å². The number of thioether (sulfide) groups is 1. The van der Waals surface area contributed by atoms with Crippen molar-refractivity contribution in [2.75, 3.05) is 18.6 Å². The van der Waals surface area contributed by atoms with Crippen LogP contribution in [0.1, 0.15) is 17.0 Å². The van der Waals surface area contributed by atoms with E-state index in [9.17, 15) is 4.79 Å². The van der Waals surface area contributed by atoms with E-state index >= 15 is 0 Å². The highest BCUT2D eigenvalue weighted by Gasteiger charge is 2.23. The Balaban J connectivity index is 2.23. The molecule has 0 N–H and O–H groups in total. The Morgan fingerprint density at radius 1 is 1.00 bits per heavy atom. The van der Waals surface area contributed by atoms with Crippen molar-refractivity contribution in [2.45, 2.75) is 5.92 Å². The number of carbonyl (C=O) groups is 1. The summed E-state index contributed by atoms with van der Waals surface area (Å²) in [6, 6.07) is 19.5. The molecule has 0 unspecified atom stereocenters. The number of carbonyl (C=O) groups excluding carboxylic acids is 1. The predicted octanol–water partition coefficient (Wildman–Crippen LogP) is 3.72. The van der Waals surface area contributed by atoms with Gasteiger partial charge in [0.05, 0.1) is 0 Å². The fraction of sp³-hybridized carbons (Fsp3) is 0.235. The van der Waals surface area contributed by atoms with E-state index < -0.39 is 0 Å². The molecular formula is C17H18O2S. The first-order chi connectivity index (χ1) is 9.83. The van der Waals surface area contributed by atoms with Crippen molar-refractivity contribution in [3.63, 3.8) is 0 Å². The summed E-state index contributed by atoms with van der Waals surface area (Å²) >= 11 is 1.67. The number of esters is 1. The van der Waals surface area contributed by atoms with Gasteiger partial charge in [-0.05, 0) is 17.4 Å². The third-order valence-electron chi connectivity index (χ3n) is 3.03. The molecule has 3 heteroatoms. The quantitative estimate of drug-likeness (QED) is 0.598. The Hall–Kier alpha value is -1.74.